The maximum atomic E-state index is 6.25. The molecule has 0 saturated carbocycles. The van der Waals surface area contributed by atoms with Gasteiger partial charge in [-0.1, -0.05) is 11.6 Å². The Morgan fingerprint density at radius 3 is 3.05 bits per heavy atom. The van der Waals surface area contributed by atoms with E-state index in [0.29, 0.717) is 33.2 Å². The van der Waals surface area contributed by atoms with Gasteiger partial charge >= 0.3 is 0 Å². The Kier molecular flexibility index (Phi) is 2.62. The Hall–Kier alpha value is -2.52. The van der Waals surface area contributed by atoms with Crippen molar-refractivity contribution in [3.05, 3.63) is 23.5 Å². The number of nitrogens with zero attached hydrogens (tertiary/aromatic N) is 5. The maximum absolute atomic E-state index is 6.25. The number of anilines is 3. The fourth-order valence-corrected chi connectivity index (χ4v) is 2.75. The van der Waals surface area contributed by atoms with Crippen LogP contribution in [-0.4, -0.2) is 28.7 Å². The van der Waals surface area contributed by atoms with Crippen molar-refractivity contribution in [1.29, 1.82) is 0 Å². The predicted octanol–water partition coefficient (Wildman–Crippen LogP) is 2.34. The third-order valence-corrected chi connectivity index (χ3v) is 3.78. The zero-order valence-corrected chi connectivity index (χ0v) is 11.9. The molecule has 8 nitrogen and oxygen atoms in total. The van der Waals surface area contributed by atoms with Crippen LogP contribution in [0.25, 0.3) is 22.2 Å². The lowest BCUT2D eigenvalue weighted by atomic mass is 10.2. The molecule has 3 heterocycles. The van der Waals surface area contributed by atoms with Crippen LogP contribution in [0.1, 0.15) is 0 Å². The lowest BCUT2D eigenvalue weighted by molar-refractivity contribution is 1.21. The lowest BCUT2D eigenvalue weighted by Crippen LogP contribution is -2.02. The number of hydrogen-bond donors (Lipinski definition) is 3. The number of benzene rings is 1. The number of nitrogen functional groups attached to an aromatic ring is 1. The highest BCUT2D eigenvalue weighted by atomic mass is 35.5. The highest BCUT2D eigenvalue weighted by Gasteiger charge is 2.14. The monoisotopic (exact) mass is 318 g/mol. The summed E-state index contributed by atoms with van der Waals surface area (Å²) in [6.07, 6.45) is 1.52. The average molecular weight is 319 g/mol. The van der Waals surface area contributed by atoms with Crippen molar-refractivity contribution in [3.8, 4) is 0 Å². The number of H-pyrrole nitrogens is 1. The second-order valence-electron chi connectivity index (χ2n) is 4.21. The van der Waals surface area contributed by atoms with Gasteiger partial charge in [-0.2, -0.15) is 18.7 Å². The molecule has 0 atom stereocenters. The fraction of sp³-hybridized carbons (Fsp3) is 0. The van der Waals surface area contributed by atoms with E-state index >= 15 is 0 Å². The molecule has 4 N–H and O–H groups in total. The van der Waals surface area contributed by atoms with E-state index < -0.39 is 0 Å². The lowest BCUT2D eigenvalue weighted by Gasteiger charge is -2.09. The topological polar surface area (TPSA) is 118 Å². The van der Waals surface area contributed by atoms with Crippen LogP contribution in [0.2, 0.25) is 5.02 Å². The van der Waals surface area contributed by atoms with Crippen LogP contribution in [0.15, 0.2) is 18.5 Å². The summed E-state index contributed by atoms with van der Waals surface area (Å²) < 4.78 is 8.44. The Morgan fingerprint density at radius 1 is 1.24 bits per heavy atom. The van der Waals surface area contributed by atoms with Crippen LogP contribution >= 0.6 is 23.3 Å². The van der Waals surface area contributed by atoms with E-state index in [2.05, 4.69) is 34.0 Å². The summed E-state index contributed by atoms with van der Waals surface area (Å²) in [5, 5.41) is 3.66. The van der Waals surface area contributed by atoms with E-state index in [1.807, 2.05) is 6.07 Å². The van der Waals surface area contributed by atoms with Crippen LogP contribution in [0.4, 0.5) is 17.5 Å². The number of imidazole rings is 1. The number of halogens is 1. The molecule has 0 aliphatic carbocycles. The summed E-state index contributed by atoms with van der Waals surface area (Å²) >= 11 is 7.37. The number of rotatable bonds is 2. The van der Waals surface area contributed by atoms with Crippen molar-refractivity contribution in [2.75, 3.05) is 11.1 Å². The molecule has 0 amide bonds. The van der Waals surface area contributed by atoms with Crippen LogP contribution in [0.5, 0.6) is 0 Å². The molecule has 0 fully saturated rings. The van der Waals surface area contributed by atoms with Crippen LogP contribution in [0.3, 0.4) is 0 Å². The minimum Gasteiger partial charge on any atom is -0.368 e. The Bertz CT molecular complexity index is 961. The van der Waals surface area contributed by atoms with E-state index in [0.717, 1.165) is 17.2 Å². The van der Waals surface area contributed by atoms with Crippen molar-refractivity contribution in [2.45, 2.75) is 0 Å². The Balaban J connectivity index is 1.92. The van der Waals surface area contributed by atoms with E-state index in [1.165, 1.54) is 6.33 Å². The maximum Gasteiger partial charge on any atom is 0.224 e. The summed E-state index contributed by atoms with van der Waals surface area (Å²) in [6, 6.07) is 3.56. The van der Waals surface area contributed by atoms with Gasteiger partial charge in [0.25, 0.3) is 0 Å². The van der Waals surface area contributed by atoms with E-state index in [9.17, 15) is 0 Å². The van der Waals surface area contributed by atoms with Crippen molar-refractivity contribution in [2.24, 2.45) is 0 Å². The van der Waals surface area contributed by atoms with E-state index in [4.69, 9.17) is 17.3 Å². The van der Waals surface area contributed by atoms with Crippen LogP contribution in [-0.2, 0) is 0 Å². The summed E-state index contributed by atoms with van der Waals surface area (Å²) in [6.45, 7) is 0. The molecule has 0 radical (unpaired) electrons. The third kappa shape index (κ3) is 1.94. The van der Waals surface area contributed by atoms with Crippen molar-refractivity contribution >= 4 is 63.0 Å². The van der Waals surface area contributed by atoms with Crippen molar-refractivity contribution in [1.82, 2.24) is 28.7 Å². The molecule has 0 unspecified atom stereocenters. The van der Waals surface area contributed by atoms with Gasteiger partial charge in [0, 0.05) is 0 Å². The molecule has 3 aromatic heterocycles. The molecule has 4 aromatic rings. The molecule has 21 heavy (non-hydrogen) atoms. The first-order valence-electron chi connectivity index (χ1n) is 5.87. The quantitative estimate of drug-likeness (QED) is 0.519. The molecule has 0 saturated heterocycles. The third-order valence-electron chi connectivity index (χ3n) is 2.92. The predicted molar refractivity (Wildman–Crippen MR) is 81.8 cm³/mol. The highest BCUT2D eigenvalue weighted by Crippen LogP contribution is 2.33. The molecule has 104 valence electrons. The number of nitrogens with two attached hydrogens (primary N) is 1. The number of aromatic nitrogens is 6. The van der Waals surface area contributed by atoms with Gasteiger partial charge in [0.2, 0.25) is 5.95 Å². The van der Waals surface area contributed by atoms with Gasteiger partial charge in [0.05, 0.1) is 28.8 Å². The molecule has 0 bridgehead atoms. The standard InChI is InChI=1S/C11H7ClN8S/c12-4-1-2-5-7(20-21-19-5)6(4)16-10-8-9(15-3-14-8)17-11(13)18-10/h1-3H,(H4,13,14,15,16,17,18). The van der Waals surface area contributed by atoms with Gasteiger partial charge in [0.1, 0.15) is 16.6 Å². The van der Waals surface area contributed by atoms with Crippen LogP contribution < -0.4 is 11.1 Å². The first kappa shape index (κ1) is 12.2. The summed E-state index contributed by atoms with van der Waals surface area (Å²) in [4.78, 5) is 15.3. The number of nitrogens with one attached hydrogen (secondary N) is 2. The SMILES string of the molecule is Nc1nc(Nc2c(Cl)ccc3nsnc23)c2[nH]cnc2n1. The minimum atomic E-state index is 0.122. The normalized spacial score (nSPS) is 11.3. The zero-order valence-electron chi connectivity index (χ0n) is 10.3. The summed E-state index contributed by atoms with van der Waals surface area (Å²) in [5.41, 5.74) is 8.87. The summed E-state index contributed by atoms with van der Waals surface area (Å²) in [7, 11) is 0. The number of fused-ring (bicyclic) bond motifs is 2. The molecule has 1 aromatic carbocycles. The largest absolute Gasteiger partial charge is 0.368 e. The van der Waals surface area contributed by atoms with Gasteiger partial charge in [0.15, 0.2) is 11.5 Å². The second-order valence-corrected chi connectivity index (χ2v) is 5.15. The summed E-state index contributed by atoms with van der Waals surface area (Å²) in [5.74, 6) is 0.606. The first-order valence-corrected chi connectivity index (χ1v) is 6.97. The smallest absolute Gasteiger partial charge is 0.224 e. The van der Waals surface area contributed by atoms with Crippen molar-refractivity contribution < 1.29 is 0 Å². The average Bonchev–Trinajstić information content (AvgIpc) is 3.09. The molecule has 0 aliphatic heterocycles. The fourth-order valence-electron chi connectivity index (χ4n) is 2.00. The molecule has 0 spiro atoms. The van der Waals surface area contributed by atoms with Crippen LogP contribution in [0, 0.1) is 0 Å². The molecule has 10 heteroatoms. The van der Waals surface area contributed by atoms with Gasteiger partial charge in [-0.05, 0) is 12.1 Å². The van der Waals surface area contributed by atoms with Crippen molar-refractivity contribution in [3.63, 3.8) is 0 Å². The Labute approximate surface area is 126 Å². The Morgan fingerprint density at radius 2 is 2.14 bits per heavy atom. The van der Waals surface area contributed by atoms with Gasteiger partial charge in [-0.25, -0.2) is 4.98 Å². The van der Waals surface area contributed by atoms with E-state index in [-0.39, 0.29) is 5.95 Å². The zero-order chi connectivity index (χ0) is 14.4. The number of aromatic amines is 1. The van der Waals surface area contributed by atoms with Gasteiger partial charge in [-0.15, -0.1) is 0 Å². The minimum absolute atomic E-state index is 0.122. The molecule has 0 aliphatic rings. The second kappa shape index (κ2) is 4.50. The molecular formula is C11H7ClN8S. The number of hydrogen-bond acceptors (Lipinski definition) is 8. The molecular weight excluding hydrogens is 312 g/mol. The highest BCUT2D eigenvalue weighted by molar-refractivity contribution is 7.00. The van der Waals surface area contributed by atoms with Gasteiger partial charge < -0.3 is 16.0 Å². The van der Waals surface area contributed by atoms with E-state index in [1.54, 1.807) is 6.07 Å². The molecule has 4 rings (SSSR count). The van der Waals surface area contributed by atoms with Gasteiger partial charge in [-0.3, -0.25) is 0 Å². The first-order chi connectivity index (χ1) is 10.2.